The molecule has 0 radical (unpaired) electrons. The number of aromatic nitrogens is 2. The molecule has 1 heterocycles. The van der Waals surface area contributed by atoms with Gasteiger partial charge in [0.15, 0.2) is 0 Å². The normalized spacial score (nSPS) is 28.6. The molecule has 1 aromatic heterocycles. The van der Waals surface area contributed by atoms with E-state index in [1.165, 1.54) is 69.9 Å². The zero-order chi connectivity index (χ0) is 13.8. The first kappa shape index (κ1) is 14.1. The van der Waals surface area contributed by atoms with Crippen molar-refractivity contribution in [2.75, 3.05) is 7.05 Å². The molecule has 2 fully saturated rings. The van der Waals surface area contributed by atoms with Gasteiger partial charge in [0.2, 0.25) is 0 Å². The lowest BCUT2D eigenvalue weighted by atomic mass is 9.93. The van der Waals surface area contributed by atoms with Gasteiger partial charge in [-0.25, -0.2) is 0 Å². The number of hydrogen-bond donors (Lipinski definition) is 1. The topological polar surface area (TPSA) is 29.9 Å². The van der Waals surface area contributed by atoms with Gasteiger partial charge in [0, 0.05) is 12.2 Å². The van der Waals surface area contributed by atoms with E-state index >= 15 is 0 Å². The third kappa shape index (κ3) is 3.43. The molecule has 112 valence electrons. The summed E-state index contributed by atoms with van der Waals surface area (Å²) in [6.07, 6.45) is 15.7. The first-order chi connectivity index (χ1) is 9.85. The van der Waals surface area contributed by atoms with Crippen molar-refractivity contribution in [2.24, 2.45) is 5.92 Å². The molecule has 0 amide bonds. The molecule has 3 nitrogen and oxygen atoms in total. The molecule has 2 aliphatic carbocycles. The van der Waals surface area contributed by atoms with Crippen LogP contribution in [0.3, 0.4) is 0 Å². The summed E-state index contributed by atoms with van der Waals surface area (Å²) in [6, 6.07) is 3.67. The zero-order valence-electron chi connectivity index (χ0n) is 12.9. The highest BCUT2D eigenvalue weighted by molar-refractivity contribution is 5.02. The molecule has 2 atom stereocenters. The van der Waals surface area contributed by atoms with Gasteiger partial charge in [-0.2, -0.15) is 5.10 Å². The molecule has 2 saturated carbocycles. The molecule has 0 saturated heterocycles. The summed E-state index contributed by atoms with van der Waals surface area (Å²) in [6.45, 7) is 0. The third-order valence-corrected chi connectivity index (χ3v) is 5.30. The maximum Gasteiger partial charge on any atom is 0.0627 e. The second kappa shape index (κ2) is 6.75. The third-order valence-electron chi connectivity index (χ3n) is 5.30. The Morgan fingerprint density at radius 1 is 1.15 bits per heavy atom. The van der Waals surface area contributed by atoms with Gasteiger partial charge in [0.05, 0.1) is 11.7 Å². The molecule has 0 spiro atoms. The number of rotatable bonds is 4. The van der Waals surface area contributed by atoms with Crippen LogP contribution in [-0.4, -0.2) is 22.9 Å². The number of nitrogens with zero attached hydrogens (tertiary/aromatic N) is 2. The number of nitrogens with one attached hydrogen (secondary N) is 1. The summed E-state index contributed by atoms with van der Waals surface area (Å²) < 4.78 is 2.24. The Labute approximate surface area is 123 Å². The molecular formula is C17H29N3. The minimum absolute atomic E-state index is 0.683. The van der Waals surface area contributed by atoms with Crippen LogP contribution in [0.15, 0.2) is 12.3 Å². The smallest absolute Gasteiger partial charge is 0.0627 e. The summed E-state index contributed by atoms with van der Waals surface area (Å²) in [4.78, 5) is 0. The van der Waals surface area contributed by atoms with Crippen LogP contribution in [-0.2, 0) is 6.42 Å². The maximum atomic E-state index is 4.86. The maximum absolute atomic E-state index is 4.86. The predicted octanol–water partition coefficient (Wildman–Crippen LogP) is 3.71. The fourth-order valence-electron chi connectivity index (χ4n) is 4.06. The monoisotopic (exact) mass is 275 g/mol. The van der Waals surface area contributed by atoms with E-state index in [-0.39, 0.29) is 0 Å². The van der Waals surface area contributed by atoms with Crippen LogP contribution < -0.4 is 5.32 Å². The van der Waals surface area contributed by atoms with Crippen LogP contribution in [0.25, 0.3) is 0 Å². The Morgan fingerprint density at radius 3 is 2.70 bits per heavy atom. The van der Waals surface area contributed by atoms with Gasteiger partial charge in [-0.1, -0.05) is 32.1 Å². The molecule has 0 bridgehead atoms. The first-order valence-corrected chi connectivity index (χ1v) is 8.56. The molecule has 20 heavy (non-hydrogen) atoms. The van der Waals surface area contributed by atoms with E-state index in [1.807, 2.05) is 0 Å². The Hall–Kier alpha value is -0.830. The van der Waals surface area contributed by atoms with Gasteiger partial charge in [-0.05, 0) is 51.1 Å². The van der Waals surface area contributed by atoms with Crippen molar-refractivity contribution < 1.29 is 0 Å². The lowest BCUT2D eigenvalue weighted by Gasteiger charge is -2.18. The Bertz CT molecular complexity index is 406. The van der Waals surface area contributed by atoms with Crippen LogP contribution in [0.4, 0.5) is 0 Å². The molecule has 1 aromatic rings. The Kier molecular flexibility index (Phi) is 4.77. The van der Waals surface area contributed by atoms with Crippen molar-refractivity contribution in [1.29, 1.82) is 0 Å². The SMILES string of the molecule is CNC1CCCCC(Cc2ccn(C3CCCC3)n2)C1. The van der Waals surface area contributed by atoms with Crippen molar-refractivity contribution in [2.45, 2.75) is 76.3 Å². The van der Waals surface area contributed by atoms with Crippen molar-refractivity contribution in [3.8, 4) is 0 Å². The molecule has 3 rings (SSSR count). The Morgan fingerprint density at radius 2 is 1.90 bits per heavy atom. The fraction of sp³-hybridized carbons (Fsp3) is 0.824. The average molecular weight is 275 g/mol. The van der Waals surface area contributed by atoms with Crippen molar-refractivity contribution in [1.82, 2.24) is 15.1 Å². The lowest BCUT2D eigenvalue weighted by molar-refractivity contribution is 0.393. The quantitative estimate of drug-likeness (QED) is 0.849. The van der Waals surface area contributed by atoms with Gasteiger partial charge < -0.3 is 5.32 Å². The van der Waals surface area contributed by atoms with Crippen molar-refractivity contribution in [3.05, 3.63) is 18.0 Å². The van der Waals surface area contributed by atoms with Gasteiger partial charge in [0.25, 0.3) is 0 Å². The van der Waals surface area contributed by atoms with E-state index in [0.29, 0.717) is 6.04 Å². The molecule has 3 heteroatoms. The number of hydrogen-bond acceptors (Lipinski definition) is 2. The fourth-order valence-corrected chi connectivity index (χ4v) is 4.06. The van der Waals surface area contributed by atoms with Crippen LogP contribution in [0.2, 0.25) is 0 Å². The van der Waals surface area contributed by atoms with E-state index in [1.54, 1.807) is 0 Å². The summed E-state index contributed by atoms with van der Waals surface area (Å²) >= 11 is 0. The molecule has 2 aliphatic rings. The van der Waals surface area contributed by atoms with Crippen molar-refractivity contribution in [3.63, 3.8) is 0 Å². The lowest BCUT2D eigenvalue weighted by Crippen LogP contribution is -2.26. The summed E-state index contributed by atoms with van der Waals surface area (Å²) in [5, 5.41) is 8.35. The Balaban J connectivity index is 1.59. The van der Waals surface area contributed by atoms with Gasteiger partial charge >= 0.3 is 0 Å². The molecule has 2 unspecified atom stereocenters. The first-order valence-electron chi connectivity index (χ1n) is 8.56. The summed E-state index contributed by atoms with van der Waals surface area (Å²) in [5.74, 6) is 0.821. The van der Waals surface area contributed by atoms with E-state index in [0.717, 1.165) is 12.0 Å². The van der Waals surface area contributed by atoms with E-state index in [2.05, 4.69) is 29.3 Å². The van der Waals surface area contributed by atoms with Crippen LogP contribution in [0.5, 0.6) is 0 Å². The highest BCUT2D eigenvalue weighted by Crippen LogP contribution is 2.30. The molecule has 1 N–H and O–H groups in total. The van der Waals surface area contributed by atoms with E-state index < -0.39 is 0 Å². The van der Waals surface area contributed by atoms with E-state index in [9.17, 15) is 0 Å². The minimum atomic E-state index is 0.683. The van der Waals surface area contributed by atoms with Crippen molar-refractivity contribution >= 4 is 0 Å². The van der Waals surface area contributed by atoms with Gasteiger partial charge in [0.1, 0.15) is 0 Å². The average Bonchev–Trinajstić information content (AvgIpc) is 3.08. The van der Waals surface area contributed by atoms with Crippen LogP contribution in [0, 0.1) is 5.92 Å². The predicted molar refractivity (Wildman–Crippen MR) is 82.9 cm³/mol. The second-order valence-corrected chi connectivity index (χ2v) is 6.80. The van der Waals surface area contributed by atoms with Crippen LogP contribution in [0.1, 0.15) is 69.5 Å². The summed E-state index contributed by atoms with van der Waals surface area (Å²) in [7, 11) is 2.11. The van der Waals surface area contributed by atoms with Crippen LogP contribution >= 0.6 is 0 Å². The second-order valence-electron chi connectivity index (χ2n) is 6.80. The van der Waals surface area contributed by atoms with E-state index in [4.69, 9.17) is 5.10 Å². The zero-order valence-corrected chi connectivity index (χ0v) is 12.9. The van der Waals surface area contributed by atoms with Gasteiger partial charge in [-0.3, -0.25) is 4.68 Å². The molecule has 0 aromatic carbocycles. The minimum Gasteiger partial charge on any atom is -0.317 e. The molecular weight excluding hydrogens is 246 g/mol. The van der Waals surface area contributed by atoms with Gasteiger partial charge in [-0.15, -0.1) is 0 Å². The summed E-state index contributed by atoms with van der Waals surface area (Å²) in [5.41, 5.74) is 1.32. The highest BCUT2D eigenvalue weighted by Gasteiger charge is 2.21. The molecule has 0 aliphatic heterocycles. The largest absolute Gasteiger partial charge is 0.317 e. The standard InChI is InChI=1S/C17H29N3/c1-18-15-7-3-2-6-14(12-15)13-16-10-11-20(19-16)17-8-4-5-9-17/h10-11,14-15,17-18H,2-9,12-13H2,1H3. The highest BCUT2D eigenvalue weighted by atomic mass is 15.3.